The molecule has 2 rings (SSSR count). The molecule has 1 N–H and O–H groups in total. The first-order valence-electron chi connectivity index (χ1n) is 5.77. The second-order valence-corrected chi connectivity index (χ2v) is 4.64. The average Bonchev–Trinajstić information content (AvgIpc) is 2.38. The van der Waals surface area contributed by atoms with E-state index in [-0.39, 0.29) is 0 Å². The molecule has 0 amide bonds. The first kappa shape index (κ1) is 12.7. The molecule has 0 spiro atoms. The highest BCUT2D eigenvalue weighted by atomic mass is 35.5. The predicted molar refractivity (Wildman–Crippen MR) is 77.3 cm³/mol. The summed E-state index contributed by atoms with van der Waals surface area (Å²) in [6, 6.07) is 10.1. The van der Waals surface area contributed by atoms with Crippen LogP contribution in [-0.4, -0.2) is 19.1 Å². The Balaban J connectivity index is 2.14. The smallest absolute Gasteiger partial charge is 0.0639 e. The number of benzene rings is 1. The van der Waals surface area contributed by atoms with E-state index in [1.807, 2.05) is 32.3 Å². The lowest BCUT2D eigenvalue weighted by molar-refractivity contribution is 1.09. The number of hydrogen-bond acceptors (Lipinski definition) is 3. The van der Waals surface area contributed by atoms with Crippen molar-refractivity contribution in [1.82, 2.24) is 4.98 Å². The van der Waals surface area contributed by atoms with Gasteiger partial charge >= 0.3 is 0 Å². The number of nitrogens with zero attached hydrogens (tertiary/aromatic N) is 2. The fourth-order valence-electron chi connectivity index (χ4n) is 1.75. The quantitative estimate of drug-likeness (QED) is 0.914. The lowest BCUT2D eigenvalue weighted by atomic mass is 10.2. The van der Waals surface area contributed by atoms with Crippen molar-refractivity contribution in [2.24, 2.45) is 0 Å². The summed E-state index contributed by atoms with van der Waals surface area (Å²) in [6.07, 6.45) is 3.41. The monoisotopic (exact) mass is 261 g/mol. The number of para-hydroxylation sites is 2. The molecule has 1 heterocycles. The molecule has 0 atom stereocenters. The van der Waals surface area contributed by atoms with Gasteiger partial charge in [-0.15, -0.1) is 0 Å². The zero-order chi connectivity index (χ0) is 13.0. The van der Waals surface area contributed by atoms with Crippen molar-refractivity contribution in [3.8, 4) is 0 Å². The second kappa shape index (κ2) is 5.74. The third-order valence-electron chi connectivity index (χ3n) is 2.71. The molecule has 0 bridgehead atoms. The molecule has 0 fully saturated rings. The van der Waals surface area contributed by atoms with E-state index in [2.05, 4.69) is 27.3 Å². The Hall–Kier alpha value is -1.74. The van der Waals surface area contributed by atoms with Crippen LogP contribution in [0.3, 0.4) is 0 Å². The second-order valence-electron chi connectivity index (χ2n) is 4.23. The van der Waals surface area contributed by atoms with E-state index >= 15 is 0 Å². The van der Waals surface area contributed by atoms with Gasteiger partial charge in [0, 0.05) is 33.0 Å². The zero-order valence-corrected chi connectivity index (χ0v) is 11.3. The zero-order valence-electron chi connectivity index (χ0n) is 10.5. The molecule has 0 radical (unpaired) electrons. The minimum absolute atomic E-state index is 0.687. The molecule has 1 aromatic heterocycles. The van der Waals surface area contributed by atoms with Crippen LogP contribution in [0.5, 0.6) is 0 Å². The van der Waals surface area contributed by atoms with E-state index in [0.717, 1.165) is 16.9 Å². The number of anilines is 2. The van der Waals surface area contributed by atoms with Gasteiger partial charge in [-0.05, 0) is 23.8 Å². The van der Waals surface area contributed by atoms with Crippen molar-refractivity contribution in [2.75, 3.05) is 24.3 Å². The third-order valence-corrected chi connectivity index (χ3v) is 3.05. The molecular formula is C14H16ClN3. The topological polar surface area (TPSA) is 28.2 Å². The van der Waals surface area contributed by atoms with Gasteiger partial charge in [0.25, 0.3) is 0 Å². The molecular weight excluding hydrogens is 246 g/mol. The summed E-state index contributed by atoms with van der Waals surface area (Å²) in [5.74, 6) is 0. The van der Waals surface area contributed by atoms with E-state index < -0.39 is 0 Å². The number of nitrogens with one attached hydrogen (secondary N) is 1. The van der Waals surface area contributed by atoms with E-state index in [1.165, 1.54) is 0 Å². The third kappa shape index (κ3) is 2.93. The normalized spacial score (nSPS) is 10.2. The average molecular weight is 262 g/mol. The van der Waals surface area contributed by atoms with Crippen LogP contribution in [0.25, 0.3) is 0 Å². The standard InChI is InChI=1S/C14H16ClN3/c1-18(2)14-6-4-3-5-13(14)17-9-11-7-8-16-10-12(11)15/h3-8,10,17H,9H2,1-2H3. The largest absolute Gasteiger partial charge is 0.379 e. The number of pyridine rings is 1. The molecule has 94 valence electrons. The van der Waals surface area contributed by atoms with Gasteiger partial charge in [0.05, 0.1) is 16.4 Å². The minimum Gasteiger partial charge on any atom is -0.379 e. The van der Waals surface area contributed by atoms with Crippen LogP contribution in [0.4, 0.5) is 11.4 Å². The van der Waals surface area contributed by atoms with Crippen molar-refractivity contribution in [1.29, 1.82) is 0 Å². The maximum absolute atomic E-state index is 6.08. The van der Waals surface area contributed by atoms with E-state index in [4.69, 9.17) is 11.6 Å². The van der Waals surface area contributed by atoms with Gasteiger partial charge in [0.15, 0.2) is 0 Å². The van der Waals surface area contributed by atoms with Gasteiger partial charge in [-0.2, -0.15) is 0 Å². The molecule has 3 nitrogen and oxygen atoms in total. The summed E-state index contributed by atoms with van der Waals surface area (Å²) in [5.41, 5.74) is 3.29. The van der Waals surface area contributed by atoms with Crippen molar-refractivity contribution in [2.45, 2.75) is 6.54 Å². The Kier molecular flexibility index (Phi) is 4.05. The van der Waals surface area contributed by atoms with Crippen LogP contribution in [0.2, 0.25) is 5.02 Å². The molecule has 18 heavy (non-hydrogen) atoms. The molecule has 2 aromatic rings. The number of rotatable bonds is 4. The number of aromatic nitrogens is 1. The summed E-state index contributed by atoms with van der Waals surface area (Å²) in [6.45, 7) is 0.687. The van der Waals surface area contributed by atoms with Gasteiger partial charge < -0.3 is 10.2 Å². The Bertz CT molecular complexity index is 526. The van der Waals surface area contributed by atoms with Crippen LogP contribution < -0.4 is 10.2 Å². The van der Waals surface area contributed by atoms with E-state index in [9.17, 15) is 0 Å². The Morgan fingerprint density at radius 3 is 2.72 bits per heavy atom. The molecule has 0 saturated carbocycles. The van der Waals surface area contributed by atoms with Crippen molar-refractivity contribution in [3.05, 3.63) is 53.3 Å². The van der Waals surface area contributed by atoms with Gasteiger partial charge in [0.2, 0.25) is 0 Å². The Morgan fingerprint density at radius 2 is 2.00 bits per heavy atom. The molecule has 0 aliphatic heterocycles. The Morgan fingerprint density at radius 1 is 1.22 bits per heavy atom. The summed E-state index contributed by atoms with van der Waals surface area (Å²) in [7, 11) is 4.06. The van der Waals surface area contributed by atoms with Crippen LogP contribution in [-0.2, 0) is 6.54 Å². The molecule has 0 aliphatic carbocycles. The molecule has 0 aliphatic rings. The van der Waals surface area contributed by atoms with Gasteiger partial charge in [0.1, 0.15) is 0 Å². The first-order chi connectivity index (χ1) is 8.68. The van der Waals surface area contributed by atoms with Crippen molar-refractivity contribution in [3.63, 3.8) is 0 Å². The highest BCUT2D eigenvalue weighted by molar-refractivity contribution is 6.31. The fourth-order valence-corrected chi connectivity index (χ4v) is 1.94. The van der Waals surface area contributed by atoms with Gasteiger partial charge in [-0.1, -0.05) is 23.7 Å². The molecule has 1 aromatic carbocycles. The summed E-state index contributed by atoms with van der Waals surface area (Å²) < 4.78 is 0. The fraction of sp³-hybridized carbons (Fsp3) is 0.214. The number of halogens is 1. The van der Waals surface area contributed by atoms with Crippen LogP contribution in [0.1, 0.15) is 5.56 Å². The summed E-state index contributed by atoms with van der Waals surface area (Å²) in [5, 5.41) is 4.09. The highest BCUT2D eigenvalue weighted by Gasteiger charge is 2.04. The van der Waals surface area contributed by atoms with Gasteiger partial charge in [-0.3, -0.25) is 4.98 Å². The first-order valence-corrected chi connectivity index (χ1v) is 6.15. The van der Waals surface area contributed by atoms with E-state index in [1.54, 1.807) is 12.4 Å². The SMILES string of the molecule is CN(C)c1ccccc1NCc1ccncc1Cl. The minimum atomic E-state index is 0.687. The summed E-state index contributed by atoms with van der Waals surface area (Å²) in [4.78, 5) is 6.06. The van der Waals surface area contributed by atoms with Crippen molar-refractivity contribution >= 4 is 23.0 Å². The maximum atomic E-state index is 6.08. The summed E-state index contributed by atoms with van der Waals surface area (Å²) >= 11 is 6.08. The molecule has 4 heteroatoms. The number of hydrogen-bond donors (Lipinski definition) is 1. The maximum Gasteiger partial charge on any atom is 0.0639 e. The lowest BCUT2D eigenvalue weighted by Gasteiger charge is -2.18. The highest BCUT2D eigenvalue weighted by Crippen LogP contribution is 2.24. The Labute approximate surface area is 112 Å². The van der Waals surface area contributed by atoms with Crippen LogP contribution in [0, 0.1) is 0 Å². The lowest BCUT2D eigenvalue weighted by Crippen LogP contribution is -2.12. The molecule has 0 unspecified atom stereocenters. The predicted octanol–water partition coefficient (Wildman–Crippen LogP) is 3.41. The van der Waals surface area contributed by atoms with E-state index in [0.29, 0.717) is 11.6 Å². The van der Waals surface area contributed by atoms with Gasteiger partial charge in [-0.25, -0.2) is 0 Å². The van der Waals surface area contributed by atoms with Crippen LogP contribution in [0.15, 0.2) is 42.7 Å². The van der Waals surface area contributed by atoms with Crippen molar-refractivity contribution < 1.29 is 0 Å². The van der Waals surface area contributed by atoms with Crippen LogP contribution >= 0.6 is 11.6 Å². The molecule has 0 saturated heterocycles.